The number of unbranched alkanes of at least 4 members (excludes halogenated alkanes) is 1. The Morgan fingerprint density at radius 2 is 1.56 bits per heavy atom. The lowest BCUT2D eigenvalue weighted by molar-refractivity contribution is -0.384. The first-order valence-corrected chi connectivity index (χ1v) is 10.3. The van der Waals surface area contributed by atoms with E-state index < -0.39 is 22.8 Å². The van der Waals surface area contributed by atoms with Crippen LogP contribution in [0.4, 0.5) is 5.69 Å². The fourth-order valence-electron chi connectivity index (χ4n) is 2.99. The topological polar surface area (TPSA) is 95.7 Å². The monoisotopic (exact) mass is 433 g/mol. The van der Waals surface area contributed by atoms with Gasteiger partial charge in [0.25, 0.3) is 5.69 Å². The molecule has 0 saturated carbocycles. The fourth-order valence-corrected chi connectivity index (χ4v) is 2.99. The molecule has 0 saturated heterocycles. The first-order chi connectivity index (χ1) is 15.5. The van der Waals surface area contributed by atoms with Gasteiger partial charge >= 0.3 is 5.97 Å². The van der Waals surface area contributed by atoms with Crippen molar-refractivity contribution in [1.82, 2.24) is 0 Å². The number of nitro groups is 1. The van der Waals surface area contributed by atoms with Crippen LogP contribution in [0.5, 0.6) is 5.75 Å². The van der Waals surface area contributed by atoms with Crippen molar-refractivity contribution in [2.75, 3.05) is 6.61 Å². The first-order valence-electron chi connectivity index (χ1n) is 10.3. The molecular formula is C25H23NO6. The van der Waals surface area contributed by atoms with E-state index >= 15 is 0 Å². The van der Waals surface area contributed by atoms with Crippen molar-refractivity contribution in [3.63, 3.8) is 0 Å². The fraction of sp³-hybridized carbons (Fsp3) is 0.200. The maximum Gasteiger partial charge on any atom is 0.339 e. The molecule has 7 heteroatoms. The number of carbonyl (C=O) groups is 2. The van der Waals surface area contributed by atoms with Crippen molar-refractivity contribution in [2.45, 2.75) is 25.9 Å². The number of ketones is 1. The lowest BCUT2D eigenvalue weighted by Gasteiger charge is -2.17. The molecule has 0 bridgehead atoms. The van der Waals surface area contributed by atoms with Crippen molar-refractivity contribution in [2.24, 2.45) is 0 Å². The number of nitro benzene ring substituents is 1. The van der Waals surface area contributed by atoms with Gasteiger partial charge in [-0.3, -0.25) is 14.9 Å². The van der Waals surface area contributed by atoms with Crippen molar-refractivity contribution in [3.8, 4) is 5.75 Å². The van der Waals surface area contributed by atoms with E-state index in [1.54, 1.807) is 54.6 Å². The number of rotatable bonds is 10. The van der Waals surface area contributed by atoms with Crippen LogP contribution in [0.15, 0.2) is 78.9 Å². The van der Waals surface area contributed by atoms with Crippen molar-refractivity contribution >= 4 is 17.4 Å². The van der Waals surface area contributed by atoms with Crippen LogP contribution in [-0.4, -0.2) is 23.3 Å². The molecule has 0 unspecified atom stereocenters. The average molecular weight is 433 g/mol. The number of carbonyl (C=O) groups excluding carboxylic acids is 2. The second-order valence-corrected chi connectivity index (χ2v) is 7.09. The Bertz CT molecular complexity index is 1060. The van der Waals surface area contributed by atoms with E-state index in [1.807, 2.05) is 0 Å². The minimum atomic E-state index is -1.24. The predicted molar refractivity (Wildman–Crippen MR) is 119 cm³/mol. The average Bonchev–Trinajstić information content (AvgIpc) is 2.83. The second kappa shape index (κ2) is 10.9. The second-order valence-electron chi connectivity index (χ2n) is 7.09. The van der Waals surface area contributed by atoms with Crippen LogP contribution in [0.25, 0.3) is 0 Å². The summed E-state index contributed by atoms with van der Waals surface area (Å²) in [6.45, 7) is 2.66. The van der Waals surface area contributed by atoms with Gasteiger partial charge in [-0.2, -0.15) is 0 Å². The van der Waals surface area contributed by atoms with E-state index in [0.29, 0.717) is 23.5 Å². The third-order valence-electron chi connectivity index (χ3n) is 4.78. The van der Waals surface area contributed by atoms with Gasteiger partial charge in [0.05, 0.1) is 17.1 Å². The molecule has 0 fully saturated rings. The highest BCUT2D eigenvalue weighted by Crippen LogP contribution is 2.26. The maximum atomic E-state index is 13.1. The zero-order valence-electron chi connectivity index (χ0n) is 17.6. The molecule has 0 heterocycles. The molecule has 7 nitrogen and oxygen atoms in total. The van der Waals surface area contributed by atoms with E-state index in [2.05, 4.69) is 6.92 Å². The van der Waals surface area contributed by atoms with Gasteiger partial charge in [-0.15, -0.1) is 0 Å². The van der Waals surface area contributed by atoms with Crippen molar-refractivity contribution < 1.29 is 24.0 Å². The molecule has 3 aromatic rings. The van der Waals surface area contributed by atoms with Gasteiger partial charge in [0.2, 0.25) is 5.78 Å². The molecule has 0 amide bonds. The molecule has 0 spiro atoms. The van der Waals surface area contributed by atoms with Crippen LogP contribution < -0.4 is 4.74 Å². The Balaban J connectivity index is 1.82. The maximum absolute atomic E-state index is 13.1. The SMILES string of the molecule is CCCCOc1ccc(C(=O)O[C@H](C(=O)c2ccccc2)c2ccc([N+](=O)[O-])cc2)cc1. The summed E-state index contributed by atoms with van der Waals surface area (Å²) in [4.78, 5) is 36.3. The number of hydrogen-bond acceptors (Lipinski definition) is 6. The Morgan fingerprint density at radius 3 is 2.16 bits per heavy atom. The number of benzene rings is 3. The molecule has 1 atom stereocenters. The number of Topliss-reactive ketones (excluding diaryl/α,β-unsaturated/α-hetero) is 1. The summed E-state index contributed by atoms with van der Waals surface area (Å²) in [5.74, 6) is -0.465. The molecule has 0 aliphatic rings. The zero-order valence-corrected chi connectivity index (χ0v) is 17.6. The van der Waals surface area contributed by atoms with Crippen LogP contribution in [0.3, 0.4) is 0 Å². The summed E-state index contributed by atoms with van der Waals surface area (Å²) >= 11 is 0. The molecule has 32 heavy (non-hydrogen) atoms. The standard InChI is InChI=1S/C25H23NO6/c1-2-3-17-31-22-15-11-20(12-16-22)25(28)32-24(23(27)18-7-5-4-6-8-18)19-9-13-21(14-10-19)26(29)30/h4-16,24H,2-3,17H2,1H3/t24-/m0/s1. The Kier molecular flexibility index (Phi) is 7.70. The van der Waals surface area contributed by atoms with Crippen LogP contribution in [-0.2, 0) is 4.74 Å². The number of non-ortho nitro benzene ring substituents is 1. The van der Waals surface area contributed by atoms with Crippen LogP contribution in [0, 0.1) is 10.1 Å². The lowest BCUT2D eigenvalue weighted by atomic mass is 9.99. The van der Waals surface area contributed by atoms with E-state index in [4.69, 9.17) is 9.47 Å². The summed E-state index contributed by atoms with van der Waals surface area (Å²) in [6.07, 6.45) is 0.706. The number of esters is 1. The van der Waals surface area contributed by atoms with Crippen LogP contribution in [0.2, 0.25) is 0 Å². The summed E-state index contributed by atoms with van der Waals surface area (Å²) in [6, 6.07) is 20.3. The summed E-state index contributed by atoms with van der Waals surface area (Å²) < 4.78 is 11.2. The van der Waals surface area contributed by atoms with E-state index in [0.717, 1.165) is 12.8 Å². The van der Waals surface area contributed by atoms with Gasteiger partial charge in [-0.05, 0) is 42.8 Å². The summed E-state index contributed by atoms with van der Waals surface area (Å²) in [7, 11) is 0. The van der Waals surface area contributed by atoms with Crippen molar-refractivity contribution in [1.29, 1.82) is 0 Å². The smallest absolute Gasteiger partial charge is 0.339 e. The predicted octanol–water partition coefficient (Wildman–Crippen LogP) is 5.55. The molecule has 3 aromatic carbocycles. The third-order valence-corrected chi connectivity index (χ3v) is 4.78. The van der Waals surface area contributed by atoms with Crippen LogP contribution in [0.1, 0.15) is 52.1 Å². The molecule has 0 aromatic heterocycles. The minimum Gasteiger partial charge on any atom is -0.494 e. The Hall–Kier alpha value is -4.00. The molecule has 0 aliphatic carbocycles. The first kappa shape index (κ1) is 22.7. The minimum absolute atomic E-state index is 0.121. The largest absolute Gasteiger partial charge is 0.494 e. The highest BCUT2D eigenvalue weighted by molar-refractivity contribution is 6.02. The van der Waals surface area contributed by atoms with Gasteiger partial charge in [0.1, 0.15) is 5.75 Å². The normalized spacial score (nSPS) is 11.4. The summed E-state index contributed by atoms with van der Waals surface area (Å²) in [5.41, 5.74) is 0.853. The van der Waals surface area contributed by atoms with Crippen molar-refractivity contribution in [3.05, 3.63) is 106 Å². The molecule has 164 valence electrons. The molecule has 0 radical (unpaired) electrons. The lowest BCUT2D eigenvalue weighted by Crippen LogP contribution is -2.20. The number of nitrogens with zero attached hydrogens (tertiary/aromatic N) is 1. The van der Waals surface area contributed by atoms with Gasteiger partial charge in [-0.25, -0.2) is 4.79 Å². The van der Waals surface area contributed by atoms with Gasteiger partial charge < -0.3 is 9.47 Å². The van der Waals surface area contributed by atoms with Gasteiger partial charge in [-0.1, -0.05) is 43.7 Å². The third kappa shape index (κ3) is 5.78. The van der Waals surface area contributed by atoms with Crippen LogP contribution >= 0.6 is 0 Å². The zero-order chi connectivity index (χ0) is 22.9. The molecule has 0 N–H and O–H groups in total. The van der Waals surface area contributed by atoms with Gasteiger partial charge in [0.15, 0.2) is 6.10 Å². The van der Waals surface area contributed by atoms with E-state index in [1.165, 1.54) is 24.3 Å². The molecular weight excluding hydrogens is 410 g/mol. The number of ether oxygens (including phenoxy) is 2. The summed E-state index contributed by atoms with van der Waals surface area (Å²) in [5, 5.41) is 11.0. The van der Waals surface area contributed by atoms with E-state index in [9.17, 15) is 19.7 Å². The molecule has 0 aliphatic heterocycles. The molecule has 3 rings (SSSR count). The Labute approximate surface area is 185 Å². The van der Waals surface area contributed by atoms with Gasteiger partial charge in [0, 0.05) is 23.3 Å². The number of hydrogen-bond donors (Lipinski definition) is 0. The quantitative estimate of drug-likeness (QED) is 0.137. The van der Waals surface area contributed by atoms with E-state index in [-0.39, 0.29) is 11.3 Å². The highest BCUT2D eigenvalue weighted by Gasteiger charge is 2.27. The Morgan fingerprint density at radius 1 is 0.906 bits per heavy atom. The highest BCUT2D eigenvalue weighted by atomic mass is 16.6.